The number of amides is 1. The van der Waals surface area contributed by atoms with Crippen molar-refractivity contribution in [3.8, 4) is 28.3 Å². The smallest absolute Gasteiger partial charge is 0.262 e. The number of nitrogens with two attached hydrogens (primary N) is 1. The summed E-state index contributed by atoms with van der Waals surface area (Å²) in [7, 11) is 1.97. The first-order chi connectivity index (χ1) is 12.6. The molecule has 0 saturated heterocycles. The molecule has 6 nitrogen and oxygen atoms in total. The van der Waals surface area contributed by atoms with E-state index in [1.165, 1.54) is 0 Å². The number of benzene rings is 2. The zero-order chi connectivity index (χ0) is 18.3. The van der Waals surface area contributed by atoms with Crippen molar-refractivity contribution in [2.75, 3.05) is 11.9 Å². The first-order valence-corrected chi connectivity index (χ1v) is 8.45. The molecule has 0 atom stereocenters. The summed E-state index contributed by atoms with van der Waals surface area (Å²) in [6.45, 7) is 2.59. The Morgan fingerprint density at radius 3 is 2.92 bits per heavy atom. The van der Waals surface area contributed by atoms with Gasteiger partial charge in [0.15, 0.2) is 6.61 Å². The van der Waals surface area contributed by atoms with Crippen molar-refractivity contribution in [2.45, 2.75) is 13.5 Å². The quantitative estimate of drug-likeness (QED) is 0.762. The van der Waals surface area contributed by atoms with Gasteiger partial charge in [-0.15, -0.1) is 0 Å². The molecule has 2 heterocycles. The number of aromatic nitrogens is 2. The number of hydrogen-bond acceptors (Lipinski definition) is 4. The fourth-order valence-corrected chi connectivity index (χ4v) is 3.24. The Bertz CT molecular complexity index is 1010. The van der Waals surface area contributed by atoms with Crippen molar-refractivity contribution < 1.29 is 9.53 Å². The molecule has 0 radical (unpaired) electrons. The Morgan fingerprint density at radius 1 is 1.27 bits per heavy atom. The van der Waals surface area contributed by atoms with E-state index >= 15 is 0 Å². The molecule has 3 aromatic rings. The van der Waals surface area contributed by atoms with Gasteiger partial charge in [0.2, 0.25) is 0 Å². The number of carbonyl (C=O) groups is 1. The van der Waals surface area contributed by atoms with Gasteiger partial charge in [-0.05, 0) is 36.2 Å². The molecule has 2 aromatic carbocycles. The largest absolute Gasteiger partial charge is 0.482 e. The van der Waals surface area contributed by atoms with E-state index in [-0.39, 0.29) is 12.5 Å². The van der Waals surface area contributed by atoms with Gasteiger partial charge in [0.25, 0.3) is 5.91 Å². The Morgan fingerprint density at radius 2 is 2.12 bits per heavy atom. The molecule has 6 heteroatoms. The second-order valence-corrected chi connectivity index (χ2v) is 6.45. The molecular formula is C20H20N4O2. The molecule has 0 unspecified atom stereocenters. The highest BCUT2D eigenvalue weighted by Gasteiger charge is 2.20. The summed E-state index contributed by atoms with van der Waals surface area (Å²) in [6.07, 6.45) is 1.81. The lowest BCUT2D eigenvalue weighted by atomic mass is 9.98. The van der Waals surface area contributed by atoms with E-state index < -0.39 is 0 Å². The van der Waals surface area contributed by atoms with Crippen LogP contribution >= 0.6 is 0 Å². The highest BCUT2D eigenvalue weighted by molar-refractivity contribution is 5.96. The van der Waals surface area contributed by atoms with Gasteiger partial charge in [0, 0.05) is 24.7 Å². The fraction of sp³-hybridized carbons (Fsp3) is 0.200. The zero-order valence-electron chi connectivity index (χ0n) is 14.7. The van der Waals surface area contributed by atoms with Gasteiger partial charge in [-0.2, -0.15) is 0 Å². The summed E-state index contributed by atoms with van der Waals surface area (Å²) in [5, 5.41) is 2.82. The molecule has 0 fully saturated rings. The summed E-state index contributed by atoms with van der Waals surface area (Å²) >= 11 is 0. The van der Waals surface area contributed by atoms with Crippen LogP contribution in [0.3, 0.4) is 0 Å². The lowest BCUT2D eigenvalue weighted by Gasteiger charge is -2.19. The van der Waals surface area contributed by atoms with E-state index in [9.17, 15) is 4.79 Å². The van der Waals surface area contributed by atoms with E-state index in [2.05, 4.69) is 29.4 Å². The fourth-order valence-electron chi connectivity index (χ4n) is 3.24. The second-order valence-electron chi connectivity index (χ2n) is 6.45. The predicted octanol–water partition coefficient (Wildman–Crippen LogP) is 2.85. The van der Waals surface area contributed by atoms with E-state index in [0.717, 1.165) is 33.6 Å². The van der Waals surface area contributed by atoms with E-state index in [4.69, 9.17) is 10.5 Å². The number of fused-ring (bicyclic) bond motifs is 1. The molecule has 4 rings (SSSR count). The molecule has 0 aliphatic carbocycles. The van der Waals surface area contributed by atoms with Crippen molar-refractivity contribution >= 4 is 11.6 Å². The first kappa shape index (κ1) is 16.4. The van der Waals surface area contributed by atoms with Crippen LogP contribution < -0.4 is 15.8 Å². The third-order valence-corrected chi connectivity index (χ3v) is 4.62. The maximum atomic E-state index is 11.5. The van der Waals surface area contributed by atoms with Crippen molar-refractivity contribution in [1.82, 2.24) is 9.55 Å². The molecule has 1 aliphatic rings. The van der Waals surface area contributed by atoms with Gasteiger partial charge < -0.3 is 20.4 Å². The first-order valence-electron chi connectivity index (χ1n) is 8.45. The number of nitrogens with zero attached hydrogens (tertiary/aromatic N) is 2. The Balaban J connectivity index is 1.85. The van der Waals surface area contributed by atoms with Crippen LogP contribution in [-0.4, -0.2) is 22.1 Å². The number of ether oxygens (including phenoxy) is 1. The normalized spacial score (nSPS) is 13.1. The average molecular weight is 348 g/mol. The number of rotatable bonds is 3. The van der Waals surface area contributed by atoms with Crippen molar-refractivity contribution in [3.63, 3.8) is 0 Å². The van der Waals surface area contributed by atoms with E-state index in [0.29, 0.717) is 18.0 Å². The maximum Gasteiger partial charge on any atom is 0.262 e. The van der Waals surface area contributed by atoms with Crippen LogP contribution in [0.15, 0.2) is 42.7 Å². The molecule has 0 saturated carbocycles. The topological polar surface area (TPSA) is 82.2 Å². The van der Waals surface area contributed by atoms with Gasteiger partial charge >= 0.3 is 0 Å². The van der Waals surface area contributed by atoms with Crippen LogP contribution in [0.2, 0.25) is 0 Å². The van der Waals surface area contributed by atoms with Gasteiger partial charge in [-0.3, -0.25) is 4.79 Å². The lowest BCUT2D eigenvalue weighted by molar-refractivity contribution is -0.118. The number of aryl methyl sites for hydroxylation is 2. The molecule has 26 heavy (non-hydrogen) atoms. The van der Waals surface area contributed by atoms with Gasteiger partial charge in [0.05, 0.1) is 23.4 Å². The van der Waals surface area contributed by atoms with Crippen molar-refractivity contribution in [1.29, 1.82) is 0 Å². The Labute approximate surface area is 151 Å². The summed E-state index contributed by atoms with van der Waals surface area (Å²) in [6, 6.07) is 12.0. The van der Waals surface area contributed by atoms with Crippen LogP contribution in [0.1, 0.15) is 11.1 Å². The van der Waals surface area contributed by atoms with Crippen LogP contribution in [-0.2, 0) is 18.4 Å². The molecule has 1 aliphatic heterocycles. The number of anilines is 1. The molecular weight excluding hydrogens is 328 g/mol. The number of nitrogens with one attached hydrogen (secondary N) is 1. The SMILES string of the molecule is Cc1ccc(CN)cc1-c1ncn(C)c1-c1ccc2c(c1)OCC(=O)N2. The standard InChI is InChI=1S/C20H20N4O2/c1-12-3-4-13(9-21)7-15(12)19-20(24(2)11-22-19)14-5-6-16-17(8-14)26-10-18(25)23-16/h3-8,11H,9-10,21H2,1-2H3,(H,23,25). The van der Waals surface area contributed by atoms with Crippen LogP contribution in [0, 0.1) is 6.92 Å². The van der Waals surface area contributed by atoms with Crippen LogP contribution in [0.25, 0.3) is 22.5 Å². The van der Waals surface area contributed by atoms with Crippen molar-refractivity contribution in [3.05, 3.63) is 53.9 Å². The minimum atomic E-state index is -0.138. The average Bonchev–Trinajstić information content (AvgIpc) is 3.03. The zero-order valence-corrected chi connectivity index (χ0v) is 14.7. The third-order valence-electron chi connectivity index (χ3n) is 4.62. The maximum absolute atomic E-state index is 11.5. The van der Waals surface area contributed by atoms with Crippen LogP contribution in [0.4, 0.5) is 5.69 Å². The van der Waals surface area contributed by atoms with E-state index in [1.54, 1.807) is 6.33 Å². The monoisotopic (exact) mass is 348 g/mol. The molecule has 1 aromatic heterocycles. The number of imidazole rings is 1. The molecule has 0 bridgehead atoms. The Hall–Kier alpha value is -3.12. The predicted molar refractivity (Wildman–Crippen MR) is 101 cm³/mol. The molecule has 3 N–H and O–H groups in total. The van der Waals surface area contributed by atoms with E-state index in [1.807, 2.05) is 35.9 Å². The molecule has 0 spiro atoms. The number of hydrogen-bond donors (Lipinski definition) is 2. The van der Waals surface area contributed by atoms with Crippen molar-refractivity contribution in [2.24, 2.45) is 12.8 Å². The summed E-state index contributed by atoms with van der Waals surface area (Å²) in [5.41, 5.74) is 12.7. The molecule has 132 valence electrons. The molecule has 1 amide bonds. The lowest BCUT2D eigenvalue weighted by Crippen LogP contribution is -2.25. The van der Waals surface area contributed by atoms with Gasteiger partial charge in [0.1, 0.15) is 5.75 Å². The highest BCUT2D eigenvalue weighted by Crippen LogP contribution is 2.37. The summed E-state index contributed by atoms with van der Waals surface area (Å²) < 4.78 is 7.55. The van der Waals surface area contributed by atoms with Gasteiger partial charge in [-0.25, -0.2) is 4.98 Å². The van der Waals surface area contributed by atoms with Gasteiger partial charge in [-0.1, -0.05) is 18.2 Å². The number of carbonyl (C=O) groups excluding carboxylic acids is 1. The van der Waals surface area contributed by atoms with Crippen LogP contribution in [0.5, 0.6) is 5.75 Å². The highest BCUT2D eigenvalue weighted by atomic mass is 16.5. The third kappa shape index (κ3) is 2.74. The minimum Gasteiger partial charge on any atom is -0.482 e. The Kier molecular flexibility index (Phi) is 3.97. The summed E-state index contributed by atoms with van der Waals surface area (Å²) in [5.74, 6) is 0.530. The summed E-state index contributed by atoms with van der Waals surface area (Å²) in [4.78, 5) is 16.1. The minimum absolute atomic E-state index is 0.0341. The second kappa shape index (κ2) is 6.31.